The average molecular weight is 391 g/mol. The van der Waals surface area contributed by atoms with E-state index in [0.29, 0.717) is 11.4 Å². The second-order valence-corrected chi connectivity index (χ2v) is 8.12. The number of rotatable bonds is 9. The van der Waals surface area contributed by atoms with Crippen LogP contribution in [0.2, 0.25) is 0 Å². The van der Waals surface area contributed by atoms with Crippen LogP contribution in [0.4, 0.5) is 5.69 Å². The lowest BCUT2D eigenvalue weighted by atomic mass is 10.2. The molecule has 6 nitrogen and oxygen atoms in total. The highest BCUT2D eigenvalue weighted by atomic mass is 32.2. The normalized spacial score (nSPS) is 12.3. The number of nitrogens with zero attached hydrogens (tertiary/aromatic N) is 1. The zero-order valence-corrected chi connectivity index (χ0v) is 16.7. The van der Waals surface area contributed by atoms with Gasteiger partial charge in [-0.25, -0.2) is 8.42 Å². The maximum atomic E-state index is 13.2. The van der Waals surface area contributed by atoms with Gasteiger partial charge in [0, 0.05) is 6.04 Å². The number of para-hydroxylation sites is 2. The molecule has 0 unspecified atom stereocenters. The molecule has 1 amide bonds. The molecule has 2 rings (SSSR count). The van der Waals surface area contributed by atoms with E-state index in [1.165, 1.54) is 19.2 Å². The Labute approximate surface area is 161 Å². The van der Waals surface area contributed by atoms with Crippen LogP contribution >= 0.6 is 0 Å². The summed E-state index contributed by atoms with van der Waals surface area (Å²) in [6.45, 7) is 3.61. The number of carbonyl (C=O) groups is 1. The molecule has 0 radical (unpaired) electrons. The molecule has 0 aliphatic carbocycles. The van der Waals surface area contributed by atoms with Crippen molar-refractivity contribution in [3.8, 4) is 5.75 Å². The van der Waals surface area contributed by atoms with E-state index in [-0.39, 0.29) is 23.4 Å². The lowest BCUT2D eigenvalue weighted by molar-refractivity contribution is -0.120. The first-order chi connectivity index (χ1) is 12.9. The molecule has 0 bridgehead atoms. The van der Waals surface area contributed by atoms with Crippen LogP contribution in [0.15, 0.2) is 59.5 Å². The van der Waals surface area contributed by atoms with Gasteiger partial charge in [-0.1, -0.05) is 43.7 Å². The summed E-state index contributed by atoms with van der Waals surface area (Å²) in [4.78, 5) is 12.6. The number of benzene rings is 2. The molecule has 0 heterocycles. The molecule has 0 spiro atoms. The Morgan fingerprint density at radius 2 is 1.74 bits per heavy atom. The lowest BCUT2D eigenvalue weighted by Gasteiger charge is -2.26. The van der Waals surface area contributed by atoms with Crippen LogP contribution < -0.4 is 14.4 Å². The molecular formula is C20H26N2O4S. The van der Waals surface area contributed by atoms with Gasteiger partial charge in [0.25, 0.3) is 10.0 Å². The largest absolute Gasteiger partial charge is 0.495 e. The summed E-state index contributed by atoms with van der Waals surface area (Å²) in [5.74, 6) is 0.0211. The third-order valence-electron chi connectivity index (χ3n) is 4.10. The van der Waals surface area contributed by atoms with E-state index >= 15 is 0 Å². The molecule has 27 heavy (non-hydrogen) atoms. The zero-order valence-electron chi connectivity index (χ0n) is 15.9. The fourth-order valence-corrected chi connectivity index (χ4v) is 4.26. The number of ether oxygens (including phenoxy) is 1. The standard InChI is InChI=1S/C20H26N2O4S/c1-4-10-16(2)21-20(23)15-22(18-13-8-9-14-19(18)26-3)27(24,25)17-11-6-5-7-12-17/h5-9,11-14,16H,4,10,15H2,1-3H3,(H,21,23)/t16-/m1/s1. The van der Waals surface area contributed by atoms with Gasteiger partial charge in [0.15, 0.2) is 0 Å². The first kappa shape index (κ1) is 20.8. The second-order valence-electron chi connectivity index (χ2n) is 6.25. The van der Waals surface area contributed by atoms with Crippen LogP contribution in [0, 0.1) is 0 Å². The van der Waals surface area contributed by atoms with Gasteiger partial charge in [-0.3, -0.25) is 9.10 Å². The van der Waals surface area contributed by atoms with Gasteiger partial charge in [0.1, 0.15) is 12.3 Å². The number of hydrogen-bond acceptors (Lipinski definition) is 4. The predicted octanol–water partition coefficient (Wildman–Crippen LogP) is 3.20. The molecule has 1 atom stereocenters. The number of amides is 1. The van der Waals surface area contributed by atoms with Gasteiger partial charge in [-0.15, -0.1) is 0 Å². The van der Waals surface area contributed by atoms with Crippen LogP contribution in [-0.4, -0.2) is 34.0 Å². The second kappa shape index (κ2) is 9.41. The predicted molar refractivity (Wildman–Crippen MR) is 106 cm³/mol. The highest BCUT2D eigenvalue weighted by Gasteiger charge is 2.29. The highest BCUT2D eigenvalue weighted by Crippen LogP contribution is 2.32. The fraction of sp³-hybridized carbons (Fsp3) is 0.350. The number of nitrogens with one attached hydrogen (secondary N) is 1. The number of hydrogen-bond donors (Lipinski definition) is 1. The van der Waals surface area contributed by atoms with E-state index in [0.717, 1.165) is 17.1 Å². The van der Waals surface area contributed by atoms with Crippen LogP contribution in [0.5, 0.6) is 5.75 Å². The summed E-state index contributed by atoms with van der Waals surface area (Å²) in [6, 6.07) is 14.8. The van der Waals surface area contributed by atoms with Crippen molar-refractivity contribution in [1.29, 1.82) is 0 Å². The van der Waals surface area contributed by atoms with Gasteiger partial charge < -0.3 is 10.1 Å². The smallest absolute Gasteiger partial charge is 0.264 e. The Balaban J connectivity index is 2.42. The van der Waals surface area contributed by atoms with Gasteiger partial charge in [0.05, 0.1) is 17.7 Å². The molecule has 0 saturated heterocycles. The molecule has 0 aliphatic rings. The Bertz CT molecular complexity index is 853. The summed E-state index contributed by atoms with van der Waals surface area (Å²) in [5.41, 5.74) is 0.321. The van der Waals surface area contributed by atoms with E-state index in [2.05, 4.69) is 5.32 Å². The summed E-state index contributed by atoms with van der Waals surface area (Å²) >= 11 is 0. The first-order valence-electron chi connectivity index (χ1n) is 8.90. The fourth-order valence-electron chi connectivity index (χ4n) is 2.81. The third kappa shape index (κ3) is 5.23. The summed E-state index contributed by atoms with van der Waals surface area (Å²) in [7, 11) is -2.47. The van der Waals surface area contributed by atoms with Crippen molar-refractivity contribution in [3.63, 3.8) is 0 Å². The molecule has 2 aromatic carbocycles. The Morgan fingerprint density at radius 3 is 2.37 bits per heavy atom. The first-order valence-corrected chi connectivity index (χ1v) is 10.3. The Morgan fingerprint density at radius 1 is 1.11 bits per heavy atom. The Kier molecular flexibility index (Phi) is 7.24. The average Bonchev–Trinajstić information content (AvgIpc) is 2.67. The van der Waals surface area contributed by atoms with Crippen LogP contribution in [0.3, 0.4) is 0 Å². The molecular weight excluding hydrogens is 364 g/mol. The Hall–Kier alpha value is -2.54. The van der Waals surface area contributed by atoms with E-state index < -0.39 is 10.0 Å². The highest BCUT2D eigenvalue weighted by molar-refractivity contribution is 7.92. The zero-order chi connectivity index (χ0) is 19.9. The van der Waals surface area contributed by atoms with Crippen molar-refractivity contribution in [2.45, 2.75) is 37.6 Å². The van der Waals surface area contributed by atoms with E-state index in [1.807, 2.05) is 13.8 Å². The maximum Gasteiger partial charge on any atom is 0.264 e. The van der Waals surface area contributed by atoms with Crippen LogP contribution in [0.25, 0.3) is 0 Å². The maximum absolute atomic E-state index is 13.2. The number of sulfonamides is 1. The monoisotopic (exact) mass is 390 g/mol. The molecule has 0 fully saturated rings. The molecule has 2 aromatic rings. The topological polar surface area (TPSA) is 75.7 Å². The van der Waals surface area contributed by atoms with Gasteiger partial charge in [-0.05, 0) is 37.6 Å². The van der Waals surface area contributed by atoms with Crippen molar-refractivity contribution in [1.82, 2.24) is 5.32 Å². The van der Waals surface area contributed by atoms with Gasteiger partial charge in [-0.2, -0.15) is 0 Å². The molecule has 146 valence electrons. The summed E-state index contributed by atoms with van der Waals surface area (Å²) in [6.07, 6.45) is 1.76. The molecule has 7 heteroatoms. The van der Waals surface area contributed by atoms with E-state index in [9.17, 15) is 13.2 Å². The minimum Gasteiger partial charge on any atom is -0.495 e. The lowest BCUT2D eigenvalue weighted by Crippen LogP contribution is -2.43. The molecule has 0 aromatic heterocycles. The van der Waals surface area contributed by atoms with Crippen LogP contribution in [-0.2, 0) is 14.8 Å². The number of anilines is 1. The van der Waals surface area contributed by atoms with Crippen molar-refractivity contribution in [2.24, 2.45) is 0 Å². The van der Waals surface area contributed by atoms with Crippen molar-refractivity contribution in [2.75, 3.05) is 18.0 Å². The minimum atomic E-state index is -3.94. The van der Waals surface area contributed by atoms with Gasteiger partial charge >= 0.3 is 0 Å². The SMILES string of the molecule is CCC[C@@H](C)NC(=O)CN(c1ccccc1OC)S(=O)(=O)c1ccccc1. The number of carbonyl (C=O) groups excluding carboxylic acids is 1. The van der Waals surface area contributed by atoms with Crippen molar-refractivity contribution in [3.05, 3.63) is 54.6 Å². The summed E-state index contributed by atoms with van der Waals surface area (Å²) in [5, 5.41) is 2.86. The molecule has 0 saturated carbocycles. The van der Waals surface area contributed by atoms with Crippen LogP contribution in [0.1, 0.15) is 26.7 Å². The van der Waals surface area contributed by atoms with Gasteiger partial charge in [0.2, 0.25) is 5.91 Å². The number of methoxy groups -OCH3 is 1. The quantitative estimate of drug-likeness (QED) is 0.713. The molecule has 1 N–H and O–H groups in total. The van der Waals surface area contributed by atoms with Crippen molar-refractivity contribution < 1.29 is 17.9 Å². The third-order valence-corrected chi connectivity index (χ3v) is 5.88. The van der Waals surface area contributed by atoms with E-state index in [4.69, 9.17) is 4.74 Å². The summed E-state index contributed by atoms with van der Waals surface area (Å²) < 4.78 is 32.9. The minimum absolute atomic E-state index is 0.0264. The van der Waals surface area contributed by atoms with E-state index in [1.54, 1.807) is 42.5 Å². The van der Waals surface area contributed by atoms with Crippen molar-refractivity contribution >= 4 is 21.6 Å². The molecule has 0 aliphatic heterocycles.